The third-order valence-electron chi connectivity index (χ3n) is 10.6. The zero-order valence-corrected chi connectivity index (χ0v) is 51.0. The number of isocyanates is 1. The van der Waals surface area contributed by atoms with Crippen molar-refractivity contribution in [2.75, 3.05) is 27.4 Å². The largest absolute Gasteiger partial charge is 0.399 e. The maximum atomic E-state index is 13.4. The highest BCUT2D eigenvalue weighted by Crippen LogP contribution is 2.41. The number of carbonyl (C=O) groups is 3. The van der Waals surface area contributed by atoms with E-state index in [9.17, 15) is 24.3 Å². The number of amides is 2. The smallest absolute Gasteiger partial charge is 0.331 e. The van der Waals surface area contributed by atoms with Crippen molar-refractivity contribution in [3.8, 4) is 0 Å². The van der Waals surface area contributed by atoms with Crippen LogP contribution in [0.2, 0.25) is 15.1 Å². The summed E-state index contributed by atoms with van der Waals surface area (Å²) in [6, 6.07) is 57.8. The quantitative estimate of drug-likeness (QED) is 0.0461. The van der Waals surface area contributed by atoms with Gasteiger partial charge in [-0.3, -0.25) is 19.4 Å². The Morgan fingerprint density at radius 1 is 0.560 bits per heavy atom. The van der Waals surface area contributed by atoms with Crippen molar-refractivity contribution < 1.29 is 24.3 Å². The van der Waals surface area contributed by atoms with Crippen molar-refractivity contribution in [1.82, 2.24) is 0 Å². The number of aryl methyl sites for hydroxylation is 1. The monoisotopic (exact) mass is 1440 g/mol. The summed E-state index contributed by atoms with van der Waals surface area (Å²) in [5, 5.41) is 13.9. The van der Waals surface area contributed by atoms with E-state index in [1.807, 2.05) is 97.1 Å². The minimum atomic E-state index is -1.54. The molecule has 1 atom stereocenters. The molecule has 1 aliphatic heterocycles. The van der Waals surface area contributed by atoms with Crippen LogP contribution in [0.4, 0.5) is 27.5 Å². The predicted octanol–water partition coefficient (Wildman–Crippen LogP) is 18.4. The van der Waals surface area contributed by atoms with Crippen LogP contribution in [-0.4, -0.2) is 40.7 Å². The molecule has 0 radical (unpaired) electrons. The van der Waals surface area contributed by atoms with Crippen LogP contribution in [0.25, 0.3) is 0 Å². The molecule has 9 nitrogen and oxygen atoms in total. The first kappa shape index (κ1) is 61.1. The first-order chi connectivity index (χ1) is 35.9. The number of hydrogen-bond acceptors (Lipinski definition) is 7. The van der Waals surface area contributed by atoms with Gasteiger partial charge >= 0.3 is 6.03 Å². The SMILES string of the molecule is Nc1ccc(Br)cc1.O=C(CBr)c1ccc(Cl)cc1.O=C(CCc1ccc(Br)cc1)c1ccc(Cl)cc1.O=C1N(c2ccc(Br)cc2)CC(O)(c2ccc(Cl)cc2)N1c1ccc(Br)cc1.O=C=Nc1ccc(Br)cc1. The highest BCUT2D eigenvalue weighted by Gasteiger charge is 2.51. The second-order valence-corrected chi connectivity index (χ2v) is 22.3. The van der Waals surface area contributed by atoms with Crippen LogP contribution >= 0.6 is 130 Å². The molecule has 1 saturated heterocycles. The minimum absolute atomic E-state index is 0.0710. The molecule has 8 aromatic rings. The normalized spacial score (nSPS) is 13.2. The topological polar surface area (TPSA) is 133 Å². The first-order valence-electron chi connectivity index (χ1n) is 22.2. The van der Waals surface area contributed by atoms with E-state index in [4.69, 9.17) is 40.5 Å². The summed E-state index contributed by atoms with van der Waals surface area (Å²) in [6.45, 7) is 0.0885. The van der Waals surface area contributed by atoms with E-state index < -0.39 is 5.72 Å². The van der Waals surface area contributed by atoms with Crippen molar-refractivity contribution in [2.24, 2.45) is 4.99 Å². The highest BCUT2D eigenvalue weighted by molar-refractivity contribution is 9.11. The Morgan fingerprint density at radius 3 is 1.37 bits per heavy atom. The molecule has 0 bridgehead atoms. The number of β-amino-alcohol motifs (C(OH)–C–C–N with tert-alkyl or cyclic N) is 1. The Kier molecular flexibility index (Phi) is 25.1. The van der Waals surface area contributed by atoms with Crippen LogP contribution in [0.15, 0.2) is 221 Å². The molecule has 3 N–H and O–H groups in total. The van der Waals surface area contributed by atoms with Gasteiger partial charge in [0.2, 0.25) is 6.08 Å². The number of ketones is 2. The molecule has 384 valence electrons. The molecule has 8 aromatic carbocycles. The fourth-order valence-corrected chi connectivity index (χ4v) is 8.77. The maximum absolute atomic E-state index is 13.4. The number of Topliss-reactive ketones (excluding diaryl/α,β-unsaturated/α-hetero) is 2. The molecule has 18 heteroatoms. The van der Waals surface area contributed by atoms with E-state index in [1.54, 1.807) is 102 Å². The number of rotatable bonds is 10. The van der Waals surface area contributed by atoms with Crippen molar-refractivity contribution in [3.63, 3.8) is 0 Å². The van der Waals surface area contributed by atoms with Crippen LogP contribution in [0.5, 0.6) is 0 Å². The molecule has 1 unspecified atom stereocenters. The average molecular weight is 1450 g/mol. The molecule has 0 saturated carbocycles. The van der Waals surface area contributed by atoms with Gasteiger partial charge in [0, 0.05) is 77.6 Å². The van der Waals surface area contributed by atoms with Gasteiger partial charge in [0.1, 0.15) is 0 Å². The number of benzene rings is 8. The summed E-state index contributed by atoms with van der Waals surface area (Å²) >= 11 is 37.3. The summed E-state index contributed by atoms with van der Waals surface area (Å²) < 4.78 is 4.89. The van der Waals surface area contributed by atoms with Crippen molar-refractivity contribution in [2.45, 2.75) is 18.6 Å². The predicted molar refractivity (Wildman–Crippen MR) is 327 cm³/mol. The standard InChI is InChI=1S/C21H15Br2ClN2O2.C15H12BrClO.C8H6BrClO.C7H4BrNO.C6H6BrN/c22-15-3-9-18(10-4-15)25-13-21(28,14-1-7-17(24)8-2-14)26(20(25)27)19-11-5-16(23)6-12-19;16-13-6-1-11(2-7-13)3-10-15(18)12-4-8-14(17)9-5-12;9-5-8(11)6-1-3-7(10)4-2-6;8-6-1-3-7(4-2-6)9-5-10;7-5-1-3-6(8)4-2-5/h1-12,28H,13H2;1-2,4-9H,3,10H2;1-4H,5H2;1-4H;1-4H,8H2. The number of aliphatic hydroxyl groups is 1. The lowest BCUT2D eigenvalue weighted by Crippen LogP contribution is -2.44. The van der Waals surface area contributed by atoms with Crippen LogP contribution < -0.4 is 15.5 Å². The summed E-state index contributed by atoms with van der Waals surface area (Å²) in [6.07, 6.45) is 2.74. The molecular weight excluding hydrogens is 1410 g/mol. The molecule has 1 aliphatic rings. The van der Waals surface area contributed by atoms with Gasteiger partial charge in [-0.15, -0.1) is 0 Å². The van der Waals surface area contributed by atoms with Crippen molar-refractivity contribution in [1.29, 1.82) is 0 Å². The Balaban J connectivity index is 0.000000189. The third-order valence-corrected chi connectivity index (χ3v) is 14.5. The number of aliphatic imine (C=N–C) groups is 1. The van der Waals surface area contributed by atoms with Gasteiger partial charge in [-0.1, -0.05) is 155 Å². The maximum Gasteiger partial charge on any atom is 0.331 e. The second-order valence-electron chi connectivity index (χ2n) is 15.8. The molecule has 1 fully saturated rings. The number of hydrogen-bond donors (Lipinski definition) is 2. The zero-order chi connectivity index (χ0) is 54.5. The van der Waals surface area contributed by atoms with Crippen molar-refractivity contribution >= 4 is 177 Å². The van der Waals surface area contributed by atoms with E-state index in [0.29, 0.717) is 55.0 Å². The molecule has 2 amide bonds. The van der Waals surface area contributed by atoms with Crippen molar-refractivity contribution in [3.05, 3.63) is 254 Å². The summed E-state index contributed by atoms with van der Waals surface area (Å²) in [5.41, 5.74) is 9.76. The Morgan fingerprint density at radius 2 is 0.947 bits per heavy atom. The van der Waals surface area contributed by atoms with E-state index >= 15 is 0 Å². The molecule has 0 spiro atoms. The highest BCUT2D eigenvalue weighted by atomic mass is 79.9. The Bertz CT molecular complexity index is 3130. The van der Waals surface area contributed by atoms with Gasteiger partial charge in [-0.25, -0.2) is 9.59 Å². The van der Waals surface area contributed by atoms with E-state index in [-0.39, 0.29) is 24.1 Å². The van der Waals surface area contributed by atoms with Gasteiger partial charge in [-0.2, -0.15) is 4.99 Å². The molecule has 0 aromatic heterocycles. The molecule has 75 heavy (non-hydrogen) atoms. The number of halogens is 9. The number of urea groups is 1. The number of carbonyl (C=O) groups excluding carboxylic acids is 4. The van der Waals surface area contributed by atoms with Crippen LogP contribution in [0.1, 0.15) is 38.3 Å². The first-order valence-corrected chi connectivity index (χ1v) is 28.4. The Labute approximate surface area is 500 Å². The van der Waals surface area contributed by atoms with Gasteiger partial charge in [0.05, 0.1) is 17.6 Å². The minimum Gasteiger partial charge on any atom is -0.399 e. The van der Waals surface area contributed by atoms with Gasteiger partial charge < -0.3 is 10.8 Å². The molecule has 1 heterocycles. The fraction of sp³-hybridized carbons (Fsp3) is 0.0877. The van der Waals surface area contributed by atoms with E-state index in [0.717, 1.165) is 40.0 Å². The second kappa shape index (κ2) is 30.9. The molecule has 0 aliphatic carbocycles. The lowest BCUT2D eigenvalue weighted by molar-refractivity contribution is 0.0655. The summed E-state index contributed by atoms with van der Waals surface area (Å²) in [5.74, 6) is 0.219. The lowest BCUT2D eigenvalue weighted by Gasteiger charge is -2.32. The molecule has 9 rings (SSSR count). The third kappa shape index (κ3) is 19.7. The van der Waals surface area contributed by atoms with Gasteiger partial charge in [0.25, 0.3) is 0 Å². The average Bonchev–Trinajstić information content (AvgIpc) is 3.69. The fourth-order valence-electron chi connectivity index (χ4n) is 6.74. The lowest BCUT2D eigenvalue weighted by atomic mass is 10.0. The van der Waals surface area contributed by atoms with E-state index in [1.165, 1.54) is 16.5 Å². The number of nitrogens with two attached hydrogens (primary N) is 1. The number of alkyl halides is 1. The summed E-state index contributed by atoms with van der Waals surface area (Å²) in [7, 11) is 0. The number of nitrogen functional groups attached to an aromatic ring is 1. The van der Waals surface area contributed by atoms with Crippen LogP contribution in [0, 0.1) is 0 Å². The van der Waals surface area contributed by atoms with Crippen LogP contribution in [0.3, 0.4) is 0 Å². The summed E-state index contributed by atoms with van der Waals surface area (Å²) in [4.78, 5) is 52.5. The molecular formula is C57H43Br6Cl3N4O5. The van der Waals surface area contributed by atoms with E-state index in [2.05, 4.69) is 101 Å². The number of anilines is 3. The zero-order valence-electron chi connectivity index (χ0n) is 39.2. The van der Waals surface area contributed by atoms with Gasteiger partial charge in [0.15, 0.2) is 17.3 Å². The number of nitrogens with zero attached hydrogens (tertiary/aromatic N) is 3. The van der Waals surface area contributed by atoms with Crippen LogP contribution in [-0.2, 0) is 16.9 Å². The Hall–Kier alpha value is -4.74. The van der Waals surface area contributed by atoms with Gasteiger partial charge in [-0.05, 0) is 182 Å².